The van der Waals surface area contributed by atoms with Crippen LogP contribution < -0.4 is 10.6 Å². The van der Waals surface area contributed by atoms with Crippen LogP contribution in [0.1, 0.15) is 11.6 Å². The zero-order valence-corrected chi connectivity index (χ0v) is 13.6. The number of nitrogens with zero attached hydrogens (tertiary/aromatic N) is 1. The van der Waals surface area contributed by atoms with E-state index in [1.807, 2.05) is 30.3 Å². The Bertz CT molecular complexity index is 638. The van der Waals surface area contributed by atoms with Gasteiger partial charge in [-0.1, -0.05) is 30.3 Å². The van der Waals surface area contributed by atoms with E-state index in [4.69, 9.17) is 9.47 Å². The van der Waals surface area contributed by atoms with Crippen LogP contribution in [0.3, 0.4) is 0 Å². The second-order valence-electron chi connectivity index (χ2n) is 5.71. The Balaban J connectivity index is 1.96. The van der Waals surface area contributed by atoms with Gasteiger partial charge >= 0.3 is 12.0 Å². The van der Waals surface area contributed by atoms with Crippen LogP contribution in [-0.2, 0) is 14.3 Å². The van der Waals surface area contributed by atoms with Gasteiger partial charge in [-0.05, 0) is 5.56 Å². The number of morpholine rings is 1. The topological polar surface area (TPSA) is 79.9 Å². The van der Waals surface area contributed by atoms with Crippen LogP contribution in [-0.4, -0.2) is 56.9 Å². The SMILES string of the molecule is COC(=O)C1=C(CN2CCOCC2)NC(=O)N[C@@H]1c1ccccc1. The molecule has 7 heteroatoms. The minimum absolute atomic E-state index is 0.320. The standard InChI is InChI=1S/C17H21N3O4/c1-23-16(21)14-13(11-20-7-9-24-10-8-20)18-17(22)19-15(14)12-5-3-2-4-6-12/h2-6,15H,7-11H2,1H3,(H2,18,19,22)/t15-/m1/s1. The number of hydrogen-bond acceptors (Lipinski definition) is 5. The fraction of sp³-hybridized carbons (Fsp3) is 0.412. The number of nitrogens with one attached hydrogen (secondary N) is 2. The van der Waals surface area contributed by atoms with Gasteiger partial charge in [-0.15, -0.1) is 0 Å². The van der Waals surface area contributed by atoms with Gasteiger partial charge in [0.05, 0.1) is 31.9 Å². The molecule has 2 N–H and O–H groups in total. The minimum Gasteiger partial charge on any atom is -0.466 e. The summed E-state index contributed by atoms with van der Waals surface area (Å²) >= 11 is 0. The first-order valence-corrected chi connectivity index (χ1v) is 7.93. The van der Waals surface area contributed by atoms with E-state index < -0.39 is 12.0 Å². The molecule has 3 rings (SSSR count). The van der Waals surface area contributed by atoms with E-state index in [1.165, 1.54) is 7.11 Å². The largest absolute Gasteiger partial charge is 0.466 e. The van der Waals surface area contributed by atoms with E-state index in [-0.39, 0.29) is 6.03 Å². The first-order valence-electron chi connectivity index (χ1n) is 7.93. The predicted octanol–water partition coefficient (Wildman–Crippen LogP) is 0.800. The Hall–Kier alpha value is -2.38. The second kappa shape index (κ2) is 7.46. The molecule has 2 aliphatic heterocycles. The van der Waals surface area contributed by atoms with Gasteiger partial charge in [-0.2, -0.15) is 0 Å². The maximum Gasteiger partial charge on any atom is 0.338 e. The molecule has 7 nitrogen and oxygen atoms in total. The van der Waals surface area contributed by atoms with Gasteiger partial charge in [0.25, 0.3) is 0 Å². The van der Waals surface area contributed by atoms with E-state index in [0.717, 1.165) is 18.7 Å². The number of carbonyl (C=O) groups excluding carboxylic acids is 2. The maximum absolute atomic E-state index is 12.4. The van der Waals surface area contributed by atoms with E-state index in [0.29, 0.717) is 31.0 Å². The van der Waals surface area contributed by atoms with E-state index in [1.54, 1.807) is 0 Å². The molecule has 0 aliphatic carbocycles. The molecule has 1 atom stereocenters. The van der Waals surface area contributed by atoms with Crippen LogP contribution >= 0.6 is 0 Å². The Morgan fingerprint density at radius 3 is 2.67 bits per heavy atom. The third-order valence-electron chi connectivity index (χ3n) is 4.18. The maximum atomic E-state index is 12.4. The summed E-state index contributed by atoms with van der Waals surface area (Å²) in [4.78, 5) is 26.6. The van der Waals surface area contributed by atoms with Gasteiger partial charge in [0.15, 0.2) is 0 Å². The van der Waals surface area contributed by atoms with Gasteiger partial charge in [-0.3, -0.25) is 4.90 Å². The van der Waals surface area contributed by atoms with Gasteiger partial charge < -0.3 is 20.1 Å². The number of amides is 2. The van der Waals surface area contributed by atoms with Crippen LogP contribution in [0.2, 0.25) is 0 Å². The Labute approximate surface area is 140 Å². The molecule has 1 aromatic carbocycles. The van der Waals surface area contributed by atoms with Crippen LogP contribution in [0.5, 0.6) is 0 Å². The molecule has 0 spiro atoms. The Kier molecular flexibility index (Phi) is 5.12. The molecule has 0 saturated carbocycles. The number of urea groups is 1. The lowest BCUT2D eigenvalue weighted by molar-refractivity contribution is -0.136. The molecule has 0 aromatic heterocycles. The van der Waals surface area contributed by atoms with E-state index in [9.17, 15) is 9.59 Å². The van der Waals surface area contributed by atoms with Crippen molar-refractivity contribution in [2.75, 3.05) is 40.0 Å². The smallest absolute Gasteiger partial charge is 0.338 e. The van der Waals surface area contributed by atoms with Crippen molar-refractivity contribution in [1.29, 1.82) is 0 Å². The Morgan fingerprint density at radius 2 is 2.00 bits per heavy atom. The number of carbonyl (C=O) groups is 2. The molecule has 1 aromatic rings. The van der Waals surface area contributed by atoms with Crippen molar-refractivity contribution in [2.24, 2.45) is 0 Å². The molecule has 0 radical (unpaired) electrons. The first-order chi connectivity index (χ1) is 11.7. The molecule has 24 heavy (non-hydrogen) atoms. The van der Waals surface area contributed by atoms with Crippen molar-refractivity contribution >= 4 is 12.0 Å². The van der Waals surface area contributed by atoms with Gasteiger partial charge in [0.1, 0.15) is 0 Å². The molecule has 0 unspecified atom stereocenters. The van der Waals surface area contributed by atoms with Crippen molar-refractivity contribution in [2.45, 2.75) is 6.04 Å². The van der Waals surface area contributed by atoms with Gasteiger partial charge in [0.2, 0.25) is 0 Å². The summed E-state index contributed by atoms with van der Waals surface area (Å²) in [5.74, 6) is -0.445. The number of methoxy groups -OCH3 is 1. The molecule has 128 valence electrons. The summed E-state index contributed by atoms with van der Waals surface area (Å²) in [5, 5.41) is 5.59. The zero-order valence-electron chi connectivity index (χ0n) is 13.6. The average molecular weight is 331 g/mol. The van der Waals surface area contributed by atoms with E-state index in [2.05, 4.69) is 15.5 Å². The molecule has 2 amide bonds. The molecular formula is C17H21N3O4. The van der Waals surface area contributed by atoms with Crippen molar-refractivity contribution in [3.63, 3.8) is 0 Å². The lowest BCUT2D eigenvalue weighted by Gasteiger charge is -2.33. The van der Waals surface area contributed by atoms with Crippen LogP contribution in [0.4, 0.5) is 4.79 Å². The Morgan fingerprint density at radius 1 is 1.29 bits per heavy atom. The first kappa shape index (κ1) is 16.5. The highest BCUT2D eigenvalue weighted by Crippen LogP contribution is 2.27. The van der Waals surface area contributed by atoms with Crippen LogP contribution in [0.25, 0.3) is 0 Å². The molecular weight excluding hydrogens is 310 g/mol. The zero-order chi connectivity index (χ0) is 16.9. The quantitative estimate of drug-likeness (QED) is 0.798. The number of esters is 1. The van der Waals surface area contributed by atoms with Crippen molar-refractivity contribution in [3.8, 4) is 0 Å². The molecule has 1 saturated heterocycles. The molecule has 2 heterocycles. The summed E-state index contributed by atoms with van der Waals surface area (Å²) in [6, 6.07) is 8.56. The average Bonchev–Trinajstić information content (AvgIpc) is 2.62. The van der Waals surface area contributed by atoms with Gasteiger partial charge in [-0.25, -0.2) is 9.59 Å². The highest BCUT2D eigenvalue weighted by atomic mass is 16.5. The van der Waals surface area contributed by atoms with Crippen molar-refractivity contribution in [1.82, 2.24) is 15.5 Å². The highest BCUT2D eigenvalue weighted by molar-refractivity contribution is 5.95. The van der Waals surface area contributed by atoms with Crippen molar-refractivity contribution < 1.29 is 19.1 Å². The summed E-state index contributed by atoms with van der Waals surface area (Å²) in [6.45, 7) is 3.29. The fourth-order valence-electron chi connectivity index (χ4n) is 2.97. The summed E-state index contributed by atoms with van der Waals surface area (Å²) in [6.07, 6.45) is 0. The number of benzene rings is 1. The fourth-order valence-corrected chi connectivity index (χ4v) is 2.97. The van der Waals surface area contributed by atoms with Crippen LogP contribution in [0.15, 0.2) is 41.6 Å². The molecule has 2 aliphatic rings. The van der Waals surface area contributed by atoms with Crippen LogP contribution in [0, 0.1) is 0 Å². The predicted molar refractivity (Wildman–Crippen MR) is 87.2 cm³/mol. The number of ether oxygens (including phenoxy) is 2. The lowest BCUT2D eigenvalue weighted by Crippen LogP contribution is -2.49. The third kappa shape index (κ3) is 3.58. The second-order valence-corrected chi connectivity index (χ2v) is 5.71. The monoisotopic (exact) mass is 331 g/mol. The summed E-state index contributed by atoms with van der Waals surface area (Å²) in [7, 11) is 1.35. The summed E-state index contributed by atoms with van der Waals surface area (Å²) in [5.41, 5.74) is 1.86. The number of rotatable bonds is 4. The molecule has 0 bridgehead atoms. The van der Waals surface area contributed by atoms with Gasteiger partial charge in [0, 0.05) is 25.3 Å². The number of hydrogen-bond donors (Lipinski definition) is 2. The highest BCUT2D eigenvalue weighted by Gasteiger charge is 2.34. The normalized spacial score (nSPS) is 21.9. The van der Waals surface area contributed by atoms with Crippen molar-refractivity contribution in [3.05, 3.63) is 47.2 Å². The van der Waals surface area contributed by atoms with E-state index >= 15 is 0 Å². The minimum atomic E-state index is -0.525. The lowest BCUT2D eigenvalue weighted by atomic mass is 9.95. The third-order valence-corrected chi connectivity index (χ3v) is 4.18. The molecule has 1 fully saturated rings. The summed E-state index contributed by atoms with van der Waals surface area (Å²) < 4.78 is 10.3.